The minimum absolute atomic E-state index is 0.320. The van der Waals surface area contributed by atoms with Gasteiger partial charge in [-0.2, -0.15) is 0 Å². The van der Waals surface area contributed by atoms with Crippen LogP contribution in [-0.2, 0) is 0 Å². The highest BCUT2D eigenvalue weighted by molar-refractivity contribution is 5.44. The van der Waals surface area contributed by atoms with E-state index in [1.165, 1.54) is 0 Å². The second-order valence-electron chi connectivity index (χ2n) is 5.12. The van der Waals surface area contributed by atoms with Crippen LogP contribution >= 0.6 is 0 Å². The van der Waals surface area contributed by atoms with Crippen molar-refractivity contribution in [1.29, 1.82) is 0 Å². The Bertz CT molecular complexity index is 420. The number of hydrogen-bond acceptors (Lipinski definition) is 4. The van der Waals surface area contributed by atoms with E-state index < -0.39 is 6.10 Å². The van der Waals surface area contributed by atoms with Gasteiger partial charge in [0.05, 0.1) is 20.3 Å². The van der Waals surface area contributed by atoms with Crippen LogP contribution in [0.3, 0.4) is 0 Å². The minimum atomic E-state index is -0.590. The fourth-order valence-corrected chi connectivity index (χ4v) is 2.14. The molecule has 2 unspecified atom stereocenters. The molecule has 0 aliphatic rings. The fourth-order valence-electron chi connectivity index (χ4n) is 2.14. The molecule has 4 heteroatoms. The molecule has 0 spiro atoms. The number of ether oxygens (including phenoxy) is 2. The van der Waals surface area contributed by atoms with Gasteiger partial charge in [-0.3, -0.25) is 0 Å². The predicted octanol–water partition coefficient (Wildman–Crippen LogP) is 2.47. The van der Waals surface area contributed by atoms with Crippen molar-refractivity contribution in [3.8, 4) is 11.5 Å². The van der Waals surface area contributed by atoms with Crippen LogP contribution in [0, 0.1) is 0 Å². The van der Waals surface area contributed by atoms with Crippen molar-refractivity contribution >= 4 is 0 Å². The number of hydrogen-bond donors (Lipinski definition) is 1. The molecule has 0 aromatic heterocycles. The molecule has 108 valence electrons. The molecule has 2 atom stereocenters. The van der Waals surface area contributed by atoms with E-state index in [1.807, 2.05) is 44.1 Å². The molecule has 19 heavy (non-hydrogen) atoms. The Morgan fingerprint density at radius 1 is 1.21 bits per heavy atom. The maximum atomic E-state index is 10.7. The number of aliphatic hydroxyl groups is 1. The van der Waals surface area contributed by atoms with E-state index in [0.717, 1.165) is 12.0 Å². The van der Waals surface area contributed by atoms with Crippen molar-refractivity contribution in [2.75, 3.05) is 28.3 Å². The minimum Gasteiger partial charge on any atom is -0.493 e. The first kappa shape index (κ1) is 15.8. The van der Waals surface area contributed by atoms with Gasteiger partial charge >= 0.3 is 0 Å². The predicted molar refractivity (Wildman–Crippen MR) is 76.9 cm³/mol. The van der Waals surface area contributed by atoms with Crippen molar-refractivity contribution in [3.05, 3.63) is 23.8 Å². The van der Waals surface area contributed by atoms with E-state index >= 15 is 0 Å². The summed E-state index contributed by atoms with van der Waals surface area (Å²) in [6, 6.07) is 5.54. The van der Waals surface area contributed by atoms with Gasteiger partial charge < -0.3 is 19.5 Å². The summed E-state index contributed by atoms with van der Waals surface area (Å²) in [4.78, 5) is 2.05. The molecule has 1 rings (SSSR count). The summed E-state index contributed by atoms with van der Waals surface area (Å²) in [6.07, 6.45) is 0.252. The molecule has 1 aromatic carbocycles. The Labute approximate surface area is 115 Å². The van der Waals surface area contributed by atoms with Gasteiger partial charge in [0.2, 0.25) is 0 Å². The normalized spacial score (nSPS) is 16.0. The molecule has 0 saturated heterocycles. The van der Waals surface area contributed by atoms with Gasteiger partial charge in [0.1, 0.15) is 0 Å². The molecule has 4 nitrogen and oxygen atoms in total. The number of aliphatic hydroxyl groups excluding tert-OH is 1. The third-order valence-electron chi connectivity index (χ3n) is 4.05. The first-order valence-corrected chi connectivity index (χ1v) is 6.48. The van der Waals surface area contributed by atoms with Crippen LogP contribution in [0.4, 0.5) is 0 Å². The highest BCUT2D eigenvalue weighted by atomic mass is 16.5. The summed E-state index contributed by atoms with van der Waals surface area (Å²) in [5, 5.41) is 10.7. The third kappa shape index (κ3) is 3.01. The molecule has 0 saturated carbocycles. The summed E-state index contributed by atoms with van der Waals surface area (Å²) in [5.74, 6) is 1.30. The monoisotopic (exact) mass is 267 g/mol. The Morgan fingerprint density at radius 3 is 2.21 bits per heavy atom. The Morgan fingerprint density at radius 2 is 1.79 bits per heavy atom. The summed E-state index contributed by atoms with van der Waals surface area (Å²) < 4.78 is 10.5. The molecular weight excluding hydrogens is 242 g/mol. The van der Waals surface area contributed by atoms with E-state index in [-0.39, 0.29) is 5.54 Å². The van der Waals surface area contributed by atoms with Crippen molar-refractivity contribution in [2.45, 2.75) is 31.9 Å². The molecule has 0 heterocycles. The summed E-state index contributed by atoms with van der Waals surface area (Å²) in [5.41, 5.74) is 0.510. The van der Waals surface area contributed by atoms with Gasteiger partial charge in [-0.25, -0.2) is 0 Å². The largest absolute Gasteiger partial charge is 0.493 e. The lowest BCUT2D eigenvalue weighted by atomic mass is 9.86. The van der Waals surface area contributed by atoms with E-state index in [2.05, 4.69) is 6.92 Å². The molecule has 0 fully saturated rings. The van der Waals surface area contributed by atoms with E-state index in [4.69, 9.17) is 9.47 Å². The number of methoxy groups -OCH3 is 2. The maximum absolute atomic E-state index is 10.7. The van der Waals surface area contributed by atoms with Gasteiger partial charge in [-0.05, 0) is 45.1 Å². The van der Waals surface area contributed by atoms with Crippen LogP contribution < -0.4 is 9.47 Å². The van der Waals surface area contributed by atoms with Crippen LogP contribution in [0.2, 0.25) is 0 Å². The summed E-state index contributed by atoms with van der Waals surface area (Å²) in [6.45, 7) is 4.12. The van der Waals surface area contributed by atoms with Gasteiger partial charge in [-0.1, -0.05) is 13.0 Å². The molecule has 0 radical (unpaired) electrons. The highest BCUT2D eigenvalue weighted by Gasteiger charge is 2.34. The second-order valence-corrected chi connectivity index (χ2v) is 5.12. The van der Waals surface area contributed by atoms with E-state index in [0.29, 0.717) is 11.5 Å². The standard InChI is InChI=1S/C15H25NO3/c1-7-15(2,16(3)4)14(17)11-8-9-12(18-5)13(10-11)19-6/h8-10,14,17H,7H2,1-6H3. The molecule has 0 amide bonds. The lowest BCUT2D eigenvalue weighted by Gasteiger charge is -2.40. The molecule has 0 aliphatic carbocycles. The zero-order valence-corrected chi connectivity index (χ0v) is 12.7. The van der Waals surface area contributed by atoms with E-state index in [1.54, 1.807) is 14.2 Å². The SMILES string of the molecule is CCC(C)(C(O)c1ccc(OC)c(OC)c1)N(C)C. The lowest BCUT2D eigenvalue weighted by Crippen LogP contribution is -2.46. The van der Waals surface area contributed by atoms with Crippen molar-refractivity contribution < 1.29 is 14.6 Å². The van der Waals surface area contributed by atoms with Crippen LogP contribution in [0.15, 0.2) is 18.2 Å². The molecule has 0 aliphatic heterocycles. The number of benzene rings is 1. The second kappa shape index (κ2) is 6.26. The summed E-state index contributed by atoms with van der Waals surface area (Å²) in [7, 11) is 7.16. The van der Waals surface area contributed by atoms with Gasteiger partial charge in [-0.15, -0.1) is 0 Å². The Hall–Kier alpha value is -1.26. The van der Waals surface area contributed by atoms with Gasteiger partial charge in [0, 0.05) is 5.54 Å². The first-order valence-electron chi connectivity index (χ1n) is 6.48. The highest BCUT2D eigenvalue weighted by Crippen LogP contribution is 2.36. The number of rotatable bonds is 6. The topological polar surface area (TPSA) is 41.9 Å². The number of nitrogens with zero attached hydrogens (tertiary/aromatic N) is 1. The Kier molecular flexibility index (Phi) is 5.20. The van der Waals surface area contributed by atoms with Crippen molar-refractivity contribution in [2.24, 2.45) is 0 Å². The van der Waals surface area contributed by atoms with Crippen molar-refractivity contribution in [1.82, 2.24) is 4.90 Å². The Balaban J connectivity index is 3.15. The lowest BCUT2D eigenvalue weighted by molar-refractivity contribution is 0.000736. The molecule has 0 bridgehead atoms. The first-order chi connectivity index (χ1) is 8.90. The van der Waals surface area contributed by atoms with Crippen LogP contribution in [0.1, 0.15) is 31.9 Å². The third-order valence-corrected chi connectivity index (χ3v) is 4.05. The maximum Gasteiger partial charge on any atom is 0.161 e. The van der Waals surface area contributed by atoms with Gasteiger partial charge in [0.15, 0.2) is 11.5 Å². The van der Waals surface area contributed by atoms with E-state index in [9.17, 15) is 5.11 Å². The number of likely N-dealkylation sites (N-methyl/N-ethyl adjacent to an activating group) is 1. The van der Waals surface area contributed by atoms with Crippen LogP contribution in [0.25, 0.3) is 0 Å². The molecule has 1 N–H and O–H groups in total. The quantitative estimate of drug-likeness (QED) is 0.859. The summed E-state index contributed by atoms with van der Waals surface area (Å²) >= 11 is 0. The average Bonchev–Trinajstić information content (AvgIpc) is 2.44. The van der Waals surface area contributed by atoms with Crippen LogP contribution in [0.5, 0.6) is 11.5 Å². The molecular formula is C15H25NO3. The van der Waals surface area contributed by atoms with Gasteiger partial charge in [0.25, 0.3) is 0 Å². The zero-order chi connectivity index (χ0) is 14.6. The smallest absolute Gasteiger partial charge is 0.161 e. The van der Waals surface area contributed by atoms with Crippen LogP contribution in [-0.4, -0.2) is 43.9 Å². The van der Waals surface area contributed by atoms with Crippen molar-refractivity contribution in [3.63, 3.8) is 0 Å². The zero-order valence-electron chi connectivity index (χ0n) is 12.7. The fraction of sp³-hybridized carbons (Fsp3) is 0.600. The average molecular weight is 267 g/mol. The molecule has 1 aromatic rings.